The third-order valence-electron chi connectivity index (χ3n) is 2.71. The summed E-state index contributed by atoms with van der Waals surface area (Å²) in [4.78, 5) is 0. The van der Waals surface area contributed by atoms with Crippen LogP contribution in [0.5, 0.6) is 0 Å². The Balaban J connectivity index is 2.01. The summed E-state index contributed by atoms with van der Waals surface area (Å²) < 4.78 is 5.68. The van der Waals surface area contributed by atoms with E-state index in [-0.39, 0.29) is 0 Å². The highest BCUT2D eigenvalue weighted by atomic mass is 16.5. The lowest BCUT2D eigenvalue weighted by Crippen LogP contribution is -2.23. The van der Waals surface area contributed by atoms with E-state index < -0.39 is 0 Å². The van der Waals surface area contributed by atoms with E-state index in [0.29, 0.717) is 18.6 Å². The molecular formula is C12H23NO. The van der Waals surface area contributed by atoms with Gasteiger partial charge in [-0.15, -0.1) is 0 Å². The van der Waals surface area contributed by atoms with E-state index in [1.54, 1.807) is 0 Å². The topological polar surface area (TPSA) is 21.3 Å². The van der Waals surface area contributed by atoms with Gasteiger partial charge in [-0.1, -0.05) is 20.4 Å². The van der Waals surface area contributed by atoms with Crippen molar-refractivity contribution in [1.82, 2.24) is 5.32 Å². The van der Waals surface area contributed by atoms with Crippen LogP contribution in [0, 0.1) is 5.92 Å². The molecule has 1 N–H and O–H groups in total. The van der Waals surface area contributed by atoms with Crippen LogP contribution in [-0.2, 0) is 4.74 Å². The zero-order chi connectivity index (χ0) is 10.6. The molecule has 1 fully saturated rings. The van der Waals surface area contributed by atoms with Gasteiger partial charge >= 0.3 is 0 Å². The molecule has 0 aromatic carbocycles. The normalized spacial score (nSPS) is 18.6. The van der Waals surface area contributed by atoms with Crippen LogP contribution in [-0.4, -0.2) is 25.3 Å². The molecule has 0 radical (unpaired) electrons. The highest BCUT2D eigenvalue weighted by molar-refractivity contribution is 4.99. The quantitative estimate of drug-likeness (QED) is 0.633. The molecule has 0 amide bonds. The van der Waals surface area contributed by atoms with Crippen molar-refractivity contribution in [3.8, 4) is 0 Å². The number of ether oxygens (including phenoxy) is 1. The standard InChI is InChI=1S/C12H23NO/c1-9(2)11(4)14-8-10(3)7-13-12-5-6-12/h9,11-13H,3,5-8H2,1-2,4H3. The zero-order valence-electron chi connectivity index (χ0n) is 9.68. The van der Waals surface area contributed by atoms with Gasteiger partial charge in [0.05, 0.1) is 12.7 Å². The van der Waals surface area contributed by atoms with Gasteiger partial charge in [-0.3, -0.25) is 0 Å². The minimum Gasteiger partial charge on any atom is -0.374 e. The predicted octanol–water partition coefficient (Wildman–Crippen LogP) is 2.36. The van der Waals surface area contributed by atoms with E-state index in [1.165, 1.54) is 12.8 Å². The van der Waals surface area contributed by atoms with Crippen molar-refractivity contribution in [1.29, 1.82) is 0 Å². The Morgan fingerprint density at radius 3 is 2.57 bits per heavy atom. The van der Waals surface area contributed by atoms with Crippen LogP contribution < -0.4 is 5.32 Å². The maximum atomic E-state index is 5.68. The van der Waals surface area contributed by atoms with Crippen molar-refractivity contribution in [2.45, 2.75) is 45.8 Å². The van der Waals surface area contributed by atoms with Gasteiger partial charge < -0.3 is 10.1 Å². The van der Waals surface area contributed by atoms with Crippen LogP contribution in [0.4, 0.5) is 0 Å². The van der Waals surface area contributed by atoms with Crippen LogP contribution in [0.25, 0.3) is 0 Å². The van der Waals surface area contributed by atoms with E-state index in [1.807, 2.05) is 0 Å². The first-order valence-electron chi connectivity index (χ1n) is 5.61. The van der Waals surface area contributed by atoms with Gasteiger partial charge in [0.2, 0.25) is 0 Å². The lowest BCUT2D eigenvalue weighted by molar-refractivity contribution is 0.0499. The molecule has 82 valence electrons. The van der Waals surface area contributed by atoms with E-state index in [4.69, 9.17) is 4.74 Å². The number of hydrogen-bond acceptors (Lipinski definition) is 2. The molecule has 0 aromatic rings. The van der Waals surface area contributed by atoms with Crippen LogP contribution in [0.15, 0.2) is 12.2 Å². The summed E-state index contributed by atoms with van der Waals surface area (Å²) >= 11 is 0. The zero-order valence-corrected chi connectivity index (χ0v) is 9.68. The lowest BCUT2D eigenvalue weighted by Gasteiger charge is -2.17. The first-order chi connectivity index (χ1) is 6.59. The molecule has 1 rings (SSSR count). The first-order valence-corrected chi connectivity index (χ1v) is 5.61. The van der Waals surface area contributed by atoms with Crippen molar-refractivity contribution in [2.24, 2.45) is 5.92 Å². The summed E-state index contributed by atoms with van der Waals surface area (Å²) in [5, 5.41) is 3.43. The molecule has 0 bridgehead atoms. The van der Waals surface area contributed by atoms with E-state index in [2.05, 4.69) is 32.7 Å². The molecule has 1 atom stereocenters. The molecule has 1 aliphatic rings. The van der Waals surface area contributed by atoms with Crippen LogP contribution in [0.2, 0.25) is 0 Å². The Hall–Kier alpha value is -0.340. The Morgan fingerprint density at radius 2 is 2.07 bits per heavy atom. The Bertz CT molecular complexity index is 185. The third-order valence-corrected chi connectivity index (χ3v) is 2.71. The van der Waals surface area contributed by atoms with Gasteiger partial charge in [0, 0.05) is 12.6 Å². The van der Waals surface area contributed by atoms with Gasteiger partial charge in [0.15, 0.2) is 0 Å². The van der Waals surface area contributed by atoms with Crippen LogP contribution in [0.3, 0.4) is 0 Å². The molecule has 0 saturated heterocycles. The smallest absolute Gasteiger partial charge is 0.0690 e. The van der Waals surface area contributed by atoms with Crippen molar-refractivity contribution in [3.05, 3.63) is 12.2 Å². The van der Waals surface area contributed by atoms with E-state index in [0.717, 1.165) is 18.2 Å². The predicted molar refractivity (Wildman–Crippen MR) is 60.4 cm³/mol. The maximum absolute atomic E-state index is 5.68. The fraction of sp³-hybridized carbons (Fsp3) is 0.833. The van der Waals surface area contributed by atoms with Gasteiger partial charge in [0.1, 0.15) is 0 Å². The Kier molecular flexibility index (Phi) is 4.63. The lowest BCUT2D eigenvalue weighted by atomic mass is 10.1. The number of nitrogens with one attached hydrogen (secondary N) is 1. The van der Waals surface area contributed by atoms with Crippen molar-refractivity contribution in [3.63, 3.8) is 0 Å². The molecule has 0 heterocycles. The summed E-state index contributed by atoms with van der Waals surface area (Å²) in [7, 11) is 0. The minimum atomic E-state index is 0.327. The summed E-state index contributed by atoms with van der Waals surface area (Å²) in [6.45, 7) is 12.1. The van der Waals surface area contributed by atoms with Crippen molar-refractivity contribution in [2.75, 3.05) is 13.2 Å². The summed E-state index contributed by atoms with van der Waals surface area (Å²) in [6, 6.07) is 0.759. The first kappa shape index (κ1) is 11.7. The molecule has 0 aromatic heterocycles. The molecular weight excluding hydrogens is 174 g/mol. The summed E-state index contributed by atoms with van der Waals surface area (Å²) in [5.74, 6) is 0.583. The van der Waals surface area contributed by atoms with Crippen molar-refractivity contribution < 1.29 is 4.74 Å². The monoisotopic (exact) mass is 197 g/mol. The van der Waals surface area contributed by atoms with Gasteiger partial charge in [-0.05, 0) is 31.3 Å². The molecule has 2 heteroatoms. The fourth-order valence-electron chi connectivity index (χ4n) is 1.07. The fourth-order valence-corrected chi connectivity index (χ4v) is 1.07. The van der Waals surface area contributed by atoms with Gasteiger partial charge in [0.25, 0.3) is 0 Å². The molecule has 1 saturated carbocycles. The van der Waals surface area contributed by atoms with Crippen molar-refractivity contribution >= 4 is 0 Å². The van der Waals surface area contributed by atoms with Gasteiger partial charge in [-0.25, -0.2) is 0 Å². The third kappa shape index (κ3) is 4.77. The Labute approximate surface area is 87.7 Å². The maximum Gasteiger partial charge on any atom is 0.0690 e. The highest BCUT2D eigenvalue weighted by Crippen LogP contribution is 2.18. The van der Waals surface area contributed by atoms with Crippen LogP contribution >= 0.6 is 0 Å². The summed E-state index contributed by atoms with van der Waals surface area (Å²) in [6.07, 6.45) is 2.99. The number of hydrogen-bond donors (Lipinski definition) is 1. The second-order valence-electron chi connectivity index (χ2n) is 4.67. The number of rotatable bonds is 7. The molecule has 2 nitrogen and oxygen atoms in total. The van der Waals surface area contributed by atoms with E-state index in [9.17, 15) is 0 Å². The molecule has 0 aliphatic heterocycles. The largest absolute Gasteiger partial charge is 0.374 e. The minimum absolute atomic E-state index is 0.327. The molecule has 14 heavy (non-hydrogen) atoms. The highest BCUT2D eigenvalue weighted by Gasteiger charge is 2.20. The molecule has 0 spiro atoms. The second-order valence-corrected chi connectivity index (χ2v) is 4.67. The molecule has 1 unspecified atom stereocenters. The van der Waals surface area contributed by atoms with Crippen LogP contribution in [0.1, 0.15) is 33.6 Å². The van der Waals surface area contributed by atoms with E-state index >= 15 is 0 Å². The summed E-state index contributed by atoms with van der Waals surface area (Å²) in [5.41, 5.74) is 1.16. The molecule has 1 aliphatic carbocycles. The Morgan fingerprint density at radius 1 is 1.43 bits per heavy atom. The van der Waals surface area contributed by atoms with Gasteiger partial charge in [-0.2, -0.15) is 0 Å². The average Bonchev–Trinajstić information content (AvgIpc) is 2.94. The second kappa shape index (κ2) is 5.52. The SMILES string of the molecule is C=C(CNC1CC1)COC(C)C(C)C. The average molecular weight is 197 g/mol.